The Kier molecular flexibility index (Phi) is 4.67. The van der Waals surface area contributed by atoms with Crippen LogP contribution in [0.1, 0.15) is 11.3 Å². The summed E-state index contributed by atoms with van der Waals surface area (Å²) in [5, 5.41) is 4.44. The molecule has 0 saturated heterocycles. The minimum Gasteiger partial charge on any atom is -0.481 e. The smallest absolute Gasteiger partial charge is 0.262 e. The molecule has 3 rings (SSSR count). The van der Waals surface area contributed by atoms with E-state index in [0.29, 0.717) is 10.8 Å². The molecule has 2 aromatic carbocycles. The Morgan fingerprint density at radius 1 is 1.17 bits per heavy atom. The van der Waals surface area contributed by atoms with Gasteiger partial charge in [-0.2, -0.15) is 0 Å². The van der Waals surface area contributed by atoms with E-state index in [-0.39, 0.29) is 12.5 Å². The molecule has 0 aliphatic heterocycles. The topological polar surface area (TPSA) is 51.2 Å². The molecule has 0 radical (unpaired) electrons. The van der Waals surface area contributed by atoms with Gasteiger partial charge >= 0.3 is 0 Å². The summed E-state index contributed by atoms with van der Waals surface area (Å²) in [6.07, 6.45) is 0. The van der Waals surface area contributed by atoms with Gasteiger partial charge in [0.25, 0.3) is 5.91 Å². The Balaban J connectivity index is 1.71. The molecule has 5 heteroatoms. The van der Waals surface area contributed by atoms with Gasteiger partial charge in [0.05, 0.1) is 0 Å². The van der Waals surface area contributed by atoms with Gasteiger partial charge in [-0.1, -0.05) is 29.8 Å². The maximum Gasteiger partial charge on any atom is 0.262 e. The molecule has 1 N–H and O–H groups in total. The van der Waals surface area contributed by atoms with Gasteiger partial charge in [0.1, 0.15) is 11.3 Å². The first-order valence-electron chi connectivity index (χ1n) is 7.58. The number of amides is 1. The molecule has 122 valence electrons. The Hall–Kier alpha value is -2.59. The van der Waals surface area contributed by atoms with Gasteiger partial charge in [-0.05, 0) is 49.7 Å². The van der Waals surface area contributed by atoms with Crippen molar-refractivity contribution in [1.82, 2.24) is 4.98 Å². The number of anilines is 1. The van der Waals surface area contributed by atoms with Gasteiger partial charge in [0, 0.05) is 21.8 Å². The predicted molar refractivity (Wildman–Crippen MR) is 96.8 cm³/mol. The van der Waals surface area contributed by atoms with Crippen LogP contribution < -0.4 is 10.1 Å². The molecule has 0 fully saturated rings. The van der Waals surface area contributed by atoms with Crippen molar-refractivity contribution in [3.05, 3.63) is 64.8 Å². The molecule has 0 aliphatic carbocycles. The number of ether oxygens (including phenoxy) is 1. The lowest BCUT2D eigenvalue weighted by Gasteiger charge is -2.11. The molecule has 0 saturated carbocycles. The summed E-state index contributed by atoms with van der Waals surface area (Å²) in [7, 11) is 0. The molecule has 0 atom stereocenters. The molecular weight excluding hydrogens is 324 g/mol. The Bertz CT molecular complexity index is 909. The minimum atomic E-state index is -0.231. The lowest BCUT2D eigenvalue weighted by molar-refractivity contribution is -0.118. The maximum absolute atomic E-state index is 12.1. The second kappa shape index (κ2) is 6.89. The quantitative estimate of drug-likeness (QED) is 0.759. The van der Waals surface area contributed by atoms with Crippen molar-refractivity contribution in [3.8, 4) is 5.75 Å². The number of carbonyl (C=O) groups is 1. The number of rotatable bonds is 4. The molecule has 4 nitrogen and oxygen atoms in total. The van der Waals surface area contributed by atoms with E-state index in [1.807, 2.05) is 44.2 Å². The number of aromatic nitrogens is 1. The van der Waals surface area contributed by atoms with Crippen LogP contribution in [0.3, 0.4) is 0 Å². The standard InChI is InChI=1S/C19H17ClN2O2/c1-12-10-15(20)8-9-16(12)22-18(23)11-24-17-5-3-4-14-7-6-13(2)21-19(14)17/h3-10H,11H2,1-2H3,(H,22,23). The van der Waals surface area contributed by atoms with E-state index in [2.05, 4.69) is 10.3 Å². The zero-order chi connectivity index (χ0) is 17.1. The summed E-state index contributed by atoms with van der Waals surface area (Å²) >= 11 is 5.92. The number of carbonyl (C=O) groups excluding carboxylic acids is 1. The second-order valence-electron chi connectivity index (χ2n) is 5.58. The van der Waals surface area contributed by atoms with E-state index in [1.54, 1.807) is 18.2 Å². The molecule has 0 bridgehead atoms. The number of hydrogen-bond acceptors (Lipinski definition) is 3. The van der Waals surface area contributed by atoms with Crippen molar-refractivity contribution in [2.45, 2.75) is 13.8 Å². The highest BCUT2D eigenvalue weighted by Crippen LogP contribution is 2.24. The summed E-state index contributed by atoms with van der Waals surface area (Å²) in [4.78, 5) is 16.6. The summed E-state index contributed by atoms with van der Waals surface area (Å²) in [5.74, 6) is 0.365. The molecular formula is C19H17ClN2O2. The van der Waals surface area contributed by atoms with Gasteiger partial charge in [-0.15, -0.1) is 0 Å². The lowest BCUT2D eigenvalue weighted by atomic mass is 10.2. The zero-order valence-corrected chi connectivity index (χ0v) is 14.2. The van der Waals surface area contributed by atoms with Crippen LogP contribution in [0.25, 0.3) is 10.9 Å². The van der Waals surface area contributed by atoms with Crippen LogP contribution in [0.4, 0.5) is 5.69 Å². The number of nitrogens with one attached hydrogen (secondary N) is 1. The van der Waals surface area contributed by atoms with Crippen molar-refractivity contribution in [2.24, 2.45) is 0 Å². The fourth-order valence-corrected chi connectivity index (χ4v) is 2.66. The van der Waals surface area contributed by atoms with Crippen LogP contribution >= 0.6 is 11.6 Å². The number of hydrogen-bond donors (Lipinski definition) is 1. The number of halogens is 1. The van der Waals surface area contributed by atoms with E-state index in [4.69, 9.17) is 16.3 Å². The third kappa shape index (κ3) is 3.66. The van der Waals surface area contributed by atoms with Crippen LogP contribution in [-0.4, -0.2) is 17.5 Å². The van der Waals surface area contributed by atoms with Gasteiger partial charge in [-0.3, -0.25) is 4.79 Å². The third-order valence-corrected chi connectivity index (χ3v) is 3.88. The average Bonchev–Trinajstić information content (AvgIpc) is 2.55. The fourth-order valence-electron chi connectivity index (χ4n) is 2.43. The van der Waals surface area contributed by atoms with Crippen molar-refractivity contribution in [3.63, 3.8) is 0 Å². The molecule has 1 heterocycles. The summed E-state index contributed by atoms with van der Waals surface area (Å²) in [6.45, 7) is 3.72. The molecule has 3 aromatic rings. The third-order valence-electron chi connectivity index (χ3n) is 3.64. The van der Waals surface area contributed by atoms with E-state index in [9.17, 15) is 4.79 Å². The molecule has 1 amide bonds. The van der Waals surface area contributed by atoms with Gasteiger partial charge < -0.3 is 10.1 Å². The fraction of sp³-hybridized carbons (Fsp3) is 0.158. The Morgan fingerprint density at radius 2 is 2.00 bits per heavy atom. The number of para-hydroxylation sites is 1. The number of pyridine rings is 1. The van der Waals surface area contributed by atoms with Crippen LogP contribution in [0.15, 0.2) is 48.5 Å². The number of nitrogens with zero attached hydrogens (tertiary/aromatic N) is 1. The molecule has 0 unspecified atom stereocenters. The van der Waals surface area contributed by atoms with Crippen LogP contribution in [0.2, 0.25) is 5.02 Å². The normalized spacial score (nSPS) is 10.6. The highest BCUT2D eigenvalue weighted by Gasteiger charge is 2.09. The predicted octanol–water partition coefficient (Wildman–Crippen LogP) is 4.52. The monoisotopic (exact) mass is 340 g/mol. The van der Waals surface area contributed by atoms with Crippen LogP contribution in [-0.2, 0) is 4.79 Å². The van der Waals surface area contributed by atoms with Gasteiger partial charge in [0.2, 0.25) is 0 Å². The van der Waals surface area contributed by atoms with Gasteiger partial charge in [0.15, 0.2) is 6.61 Å². The minimum absolute atomic E-state index is 0.0865. The highest BCUT2D eigenvalue weighted by atomic mass is 35.5. The van der Waals surface area contributed by atoms with Gasteiger partial charge in [-0.25, -0.2) is 4.98 Å². The number of fused-ring (bicyclic) bond motifs is 1. The molecule has 1 aromatic heterocycles. The molecule has 24 heavy (non-hydrogen) atoms. The van der Waals surface area contributed by atoms with Crippen molar-refractivity contribution in [1.29, 1.82) is 0 Å². The lowest BCUT2D eigenvalue weighted by Crippen LogP contribution is -2.20. The van der Waals surface area contributed by atoms with E-state index in [0.717, 1.165) is 27.8 Å². The SMILES string of the molecule is Cc1ccc2cccc(OCC(=O)Nc3ccc(Cl)cc3C)c2n1. The first kappa shape index (κ1) is 16.3. The van der Waals surface area contributed by atoms with Crippen molar-refractivity contribution >= 4 is 34.1 Å². The number of aryl methyl sites for hydroxylation is 2. The van der Waals surface area contributed by atoms with E-state index < -0.39 is 0 Å². The van der Waals surface area contributed by atoms with Crippen molar-refractivity contribution in [2.75, 3.05) is 11.9 Å². The maximum atomic E-state index is 12.1. The number of benzene rings is 2. The van der Waals surface area contributed by atoms with Crippen LogP contribution in [0.5, 0.6) is 5.75 Å². The molecule has 0 spiro atoms. The first-order chi connectivity index (χ1) is 11.5. The average molecular weight is 341 g/mol. The summed E-state index contributed by atoms with van der Waals surface area (Å²) in [5.41, 5.74) is 3.28. The Morgan fingerprint density at radius 3 is 2.79 bits per heavy atom. The molecule has 0 aliphatic rings. The zero-order valence-electron chi connectivity index (χ0n) is 13.5. The highest BCUT2D eigenvalue weighted by molar-refractivity contribution is 6.30. The van der Waals surface area contributed by atoms with E-state index >= 15 is 0 Å². The van der Waals surface area contributed by atoms with Crippen LogP contribution in [0, 0.1) is 13.8 Å². The second-order valence-corrected chi connectivity index (χ2v) is 6.01. The Labute approximate surface area is 145 Å². The van der Waals surface area contributed by atoms with Crippen molar-refractivity contribution < 1.29 is 9.53 Å². The largest absolute Gasteiger partial charge is 0.481 e. The summed E-state index contributed by atoms with van der Waals surface area (Å²) in [6, 6.07) is 14.9. The van der Waals surface area contributed by atoms with E-state index in [1.165, 1.54) is 0 Å². The summed E-state index contributed by atoms with van der Waals surface area (Å²) < 4.78 is 5.67. The first-order valence-corrected chi connectivity index (χ1v) is 7.96.